The summed E-state index contributed by atoms with van der Waals surface area (Å²) in [6.45, 7) is 1.05. The van der Waals surface area contributed by atoms with Crippen LogP contribution < -0.4 is 10.1 Å². The molecular weight excluding hydrogens is 416 g/mol. The SMILES string of the molecule is COc1ccc2nc(Sc3ccc(-c4c5c(nc6[nH]ncc46)CNCC5O)o3)[nH]c2c1. The van der Waals surface area contributed by atoms with E-state index in [4.69, 9.17) is 9.15 Å². The number of methoxy groups -OCH3 is 1. The third kappa shape index (κ3) is 3.07. The van der Waals surface area contributed by atoms with Gasteiger partial charge in [-0.3, -0.25) is 5.10 Å². The maximum Gasteiger partial charge on any atom is 0.174 e. The number of nitrogens with zero attached hydrogens (tertiary/aromatic N) is 3. The number of furan rings is 1. The Morgan fingerprint density at radius 1 is 1.23 bits per heavy atom. The predicted octanol–water partition coefficient (Wildman–Crippen LogP) is 3.39. The average molecular weight is 434 g/mol. The van der Waals surface area contributed by atoms with E-state index >= 15 is 0 Å². The quantitative estimate of drug-likeness (QED) is 0.339. The number of hydrogen-bond acceptors (Lipinski definition) is 8. The Morgan fingerprint density at radius 2 is 2.16 bits per heavy atom. The Morgan fingerprint density at radius 3 is 3.06 bits per heavy atom. The van der Waals surface area contributed by atoms with Gasteiger partial charge in [-0.2, -0.15) is 5.10 Å². The van der Waals surface area contributed by atoms with Gasteiger partial charge in [0.05, 0.1) is 41.5 Å². The van der Waals surface area contributed by atoms with E-state index in [9.17, 15) is 5.11 Å². The molecule has 31 heavy (non-hydrogen) atoms. The van der Waals surface area contributed by atoms with Crippen molar-refractivity contribution in [2.45, 2.75) is 22.9 Å². The van der Waals surface area contributed by atoms with Gasteiger partial charge in [-0.05, 0) is 36.0 Å². The zero-order valence-electron chi connectivity index (χ0n) is 16.5. The van der Waals surface area contributed by atoms with Gasteiger partial charge >= 0.3 is 0 Å². The zero-order valence-corrected chi connectivity index (χ0v) is 17.3. The van der Waals surface area contributed by atoms with E-state index in [-0.39, 0.29) is 0 Å². The van der Waals surface area contributed by atoms with Gasteiger partial charge in [-0.1, -0.05) is 0 Å². The molecule has 1 unspecified atom stereocenters. The van der Waals surface area contributed by atoms with Crippen molar-refractivity contribution in [2.24, 2.45) is 0 Å². The summed E-state index contributed by atoms with van der Waals surface area (Å²) in [5, 5.41) is 23.1. The summed E-state index contributed by atoms with van der Waals surface area (Å²) in [6.07, 6.45) is 1.05. The number of H-pyrrole nitrogens is 2. The molecule has 0 fully saturated rings. The molecule has 0 aliphatic carbocycles. The minimum absolute atomic E-state index is 0.468. The van der Waals surface area contributed by atoms with Crippen LogP contribution in [-0.2, 0) is 6.54 Å². The normalized spacial score (nSPS) is 16.1. The predicted molar refractivity (Wildman–Crippen MR) is 115 cm³/mol. The molecule has 1 aromatic carbocycles. The Bertz CT molecular complexity index is 1420. The van der Waals surface area contributed by atoms with Crippen LogP contribution in [0.25, 0.3) is 33.4 Å². The number of aliphatic hydroxyl groups is 1. The Labute approximate surface area is 180 Å². The first kappa shape index (κ1) is 18.4. The van der Waals surface area contributed by atoms with Crippen LogP contribution in [0.3, 0.4) is 0 Å². The first-order valence-electron chi connectivity index (χ1n) is 9.76. The third-order valence-corrected chi connectivity index (χ3v) is 6.18. The Hall–Kier alpha value is -3.34. The van der Waals surface area contributed by atoms with Gasteiger partial charge in [0.25, 0.3) is 0 Å². The molecule has 4 N–H and O–H groups in total. The number of hydrogen-bond donors (Lipinski definition) is 4. The van der Waals surface area contributed by atoms with Gasteiger partial charge < -0.3 is 24.6 Å². The van der Waals surface area contributed by atoms with Crippen molar-refractivity contribution >= 4 is 33.8 Å². The van der Waals surface area contributed by atoms with Crippen LogP contribution in [0.1, 0.15) is 17.4 Å². The van der Waals surface area contributed by atoms with Crippen LogP contribution in [0.2, 0.25) is 0 Å². The fourth-order valence-corrected chi connectivity index (χ4v) is 4.73. The van der Waals surface area contributed by atoms with Crippen LogP contribution in [0, 0.1) is 0 Å². The summed E-state index contributed by atoms with van der Waals surface area (Å²) in [7, 11) is 1.64. The van der Waals surface area contributed by atoms with Crippen molar-refractivity contribution in [3.8, 4) is 17.1 Å². The Balaban J connectivity index is 1.40. The number of imidazole rings is 1. The van der Waals surface area contributed by atoms with Crippen molar-refractivity contribution in [3.05, 3.63) is 47.8 Å². The largest absolute Gasteiger partial charge is 0.497 e. The lowest BCUT2D eigenvalue weighted by Crippen LogP contribution is -2.29. The minimum atomic E-state index is -0.669. The number of nitrogens with one attached hydrogen (secondary N) is 3. The highest BCUT2D eigenvalue weighted by atomic mass is 32.2. The van der Waals surface area contributed by atoms with Crippen LogP contribution in [0.15, 0.2) is 51.2 Å². The molecule has 6 rings (SSSR count). The molecule has 1 aliphatic rings. The number of ether oxygens (including phenoxy) is 1. The van der Waals surface area contributed by atoms with E-state index < -0.39 is 6.10 Å². The summed E-state index contributed by atoms with van der Waals surface area (Å²) in [4.78, 5) is 12.5. The number of rotatable bonds is 4. The molecule has 5 heterocycles. The number of aromatic nitrogens is 5. The lowest BCUT2D eigenvalue weighted by molar-refractivity contribution is 0.164. The molecule has 0 radical (unpaired) electrons. The van der Waals surface area contributed by atoms with Crippen LogP contribution in [0.4, 0.5) is 0 Å². The van der Waals surface area contributed by atoms with Crippen molar-refractivity contribution in [3.63, 3.8) is 0 Å². The standard InChI is InChI=1S/C21H18N6O3S/c1-29-10-2-3-12-13(6-10)26-21(25-12)31-17-5-4-16(30-17)18-11-7-23-27-20(11)24-14-8-22-9-15(28)19(14)18/h2-7,15,22,28H,8-9H2,1H3,(H,25,26)(H,23,24,27). The molecule has 0 spiro atoms. The fraction of sp³-hybridized carbons (Fsp3) is 0.190. The van der Waals surface area contributed by atoms with Crippen LogP contribution in [0.5, 0.6) is 5.75 Å². The maximum absolute atomic E-state index is 10.7. The zero-order chi connectivity index (χ0) is 20.9. The van der Waals surface area contributed by atoms with E-state index in [0.29, 0.717) is 29.6 Å². The van der Waals surface area contributed by atoms with Gasteiger partial charge in [0.1, 0.15) is 11.5 Å². The lowest BCUT2D eigenvalue weighted by atomic mass is 9.94. The summed E-state index contributed by atoms with van der Waals surface area (Å²) < 4.78 is 11.5. The maximum atomic E-state index is 10.7. The average Bonchev–Trinajstić information content (AvgIpc) is 3.51. The first-order chi connectivity index (χ1) is 15.2. The highest BCUT2D eigenvalue weighted by molar-refractivity contribution is 7.99. The molecular formula is C21H18N6O3S. The monoisotopic (exact) mass is 434 g/mol. The van der Waals surface area contributed by atoms with E-state index in [1.54, 1.807) is 13.3 Å². The van der Waals surface area contributed by atoms with Crippen molar-refractivity contribution in [1.29, 1.82) is 0 Å². The lowest BCUT2D eigenvalue weighted by Gasteiger charge is -2.24. The third-order valence-electron chi connectivity index (χ3n) is 5.37. The second-order valence-electron chi connectivity index (χ2n) is 7.27. The number of fused-ring (bicyclic) bond motifs is 3. The van der Waals surface area contributed by atoms with Crippen LogP contribution >= 0.6 is 11.8 Å². The second-order valence-corrected chi connectivity index (χ2v) is 8.27. The molecule has 5 aromatic rings. The number of benzene rings is 1. The number of pyridine rings is 1. The van der Waals surface area contributed by atoms with E-state index in [2.05, 4.69) is 30.5 Å². The first-order valence-corrected chi connectivity index (χ1v) is 10.6. The highest BCUT2D eigenvalue weighted by Gasteiger charge is 2.27. The van der Waals surface area contributed by atoms with E-state index in [0.717, 1.165) is 44.1 Å². The molecule has 9 nitrogen and oxygen atoms in total. The van der Waals surface area contributed by atoms with Crippen molar-refractivity contribution in [1.82, 2.24) is 30.5 Å². The molecule has 0 amide bonds. The Kier molecular flexibility index (Phi) is 4.23. The summed E-state index contributed by atoms with van der Waals surface area (Å²) in [5.74, 6) is 1.43. The van der Waals surface area contributed by atoms with Crippen LogP contribution in [-0.4, -0.2) is 43.9 Å². The molecule has 1 aliphatic heterocycles. The number of aromatic amines is 2. The number of aliphatic hydroxyl groups excluding tert-OH is 1. The summed E-state index contributed by atoms with van der Waals surface area (Å²) in [6, 6.07) is 9.52. The highest BCUT2D eigenvalue weighted by Crippen LogP contribution is 2.40. The van der Waals surface area contributed by atoms with E-state index in [1.807, 2.05) is 30.3 Å². The summed E-state index contributed by atoms with van der Waals surface area (Å²) >= 11 is 1.40. The molecule has 4 aromatic heterocycles. The molecule has 156 valence electrons. The molecule has 0 saturated carbocycles. The van der Waals surface area contributed by atoms with E-state index in [1.165, 1.54) is 11.8 Å². The molecule has 0 saturated heterocycles. The van der Waals surface area contributed by atoms with Gasteiger partial charge in [0.15, 0.2) is 15.9 Å². The smallest absolute Gasteiger partial charge is 0.174 e. The summed E-state index contributed by atoms with van der Waals surface area (Å²) in [5.41, 5.74) is 4.82. The van der Waals surface area contributed by atoms with Crippen molar-refractivity contribution in [2.75, 3.05) is 13.7 Å². The van der Waals surface area contributed by atoms with Gasteiger partial charge in [-0.15, -0.1) is 0 Å². The topological polar surface area (TPSA) is 125 Å². The fourth-order valence-electron chi connectivity index (χ4n) is 3.97. The number of β-amino-alcohol motifs (C(OH)–C–C–N with tert-alkyl or cyclic N) is 1. The van der Waals surface area contributed by atoms with Crippen molar-refractivity contribution < 1.29 is 14.3 Å². The molecule has 1 atom stereocenters. The molecule has 0 bridgehead atoms. The minimum Gasteiger partial charge on any atom is -0.497 e. The molecule has 10 heteroatoms. The van der Waals surface area contributed by atoms with Gasteiger partial charge in [-0.25, -0.2) is 9.97 Å². The van der Waals surface area contributed by atoms with Gasteiger partial charge in [0, 0.05) is 30.3 Å². The van der Waals surface area contributed by atoms with Gasteiger partial charge in [0.2, 0.25) is 0 Å². The second kappa shape index (κ2) is 7.12.